The molecule has 1 unspecified atom stereocenters. The van der Waals surface area contributed by atoms with Gasteiger partial charge >= 0.3 is 0 Å². The van der Waals surface area contributed by atoms with Gasteiger partial charge in [-0.25, -0.2) is 4.39 Å². The lowest BCUT2D eigenvalue weighted by molar-refractivity contribution is 0.523. The second kappa shape index (κ2) is 5.51. The van der Waals surface area contributed by atoms with Crippen LogP contribution in [0, 0.1) is 12.7 Å². The lowest BCUT2D eigenvalue weighted by atomic mass is 9.98. The van der Waals surface area contributed by atoms with E-state index in [1.165, 1.54) is 11.6 Å². The average molecular weight is 304 g/mol. The first-order chi connectivity index (χ1) is 11.2. The van der Waals surface area contributed by atoms with Gasteiger partial charge in [0.25, 0.3) is 0 Å². The molecule has 1 aliphatic heterocycles. The Bertz CT molecular complexity index is 892. The normalized spacial score (nSPS) is 16.8. The van der Waals surface area contributed by atoms with E-state index in [4.69, 9.17) is 4.99 Å². The number of hydrogen-bond donors (Lipinski definition) is 0. The molecule has 1 atom stereocenters. The largest absolute Gasteiger partial charge is 0.344 e. The summed E-state index contributed by atoms with van der Waals surface area (Å²) in [6.45, 7) is 2.75. The van der Waals surface area contributed by atoms with E-state index in [9.17, 15) is 4.39 Å². The molecule has 4 rings (SSSR count). The molecule has 1 aromatic heterocycles. The maximum atomic E-state index is 14.2. The summed E-state index contributed by atoms with van der Waals surface area (Å²) in [5.74, 6) is -0.194. The molecule has 0 amide bonds. The Morgan fingerprint density at radius 3 is 2.61 bits per heavy atom. The van der Waals surface area contributed by atoms with Crippen LogP contribution in [0.1, 0.15) is 28.4 Å². The highest BCUT2D eigenvalue weighted by Crippen LogP contribution is 2.30. The van der Waals surface area contributed by atoms with Gasteiger partial charge in [0.15, 0.2) is 0 Å². The highest BCUT2D eigenvalue weighted by Gasteiger charge is 2.24. The zero-order valence-electron chi connectivity index (χ0n) is 12.9. The van der Waals surface area contributed by atoms with Gasteiger partial charge in [0, 0.05) is 23.9 Å². The Hall–Kier alpha value is -2.68. The molecular formula is C20H17FN2. The molecule has 3 aromatic rings. The van der Waals surface area contributed by atoms with Crippen molar-refractivity contribution in [2.75, 3.05) is 0 Å². The standard InChI is InChI=1S/C20H17FN2/c1-14-7-2-3-8-15(14)20-19-11-6-12-23(19)13-18(22-20)16-9-4-5-10-17(16)21/h2-12,18H,13H2,1H3. The molecule has 2 nitrogen and oxygen atoms in total. The van der Waals surface area contributed by atoms with E-state index in [0.717, 1.165) is 17.0 Å². The van der Waals surface area contributed by atoms with E-state index in [2.05, 4.69) is 29.7 Å². The second-order valence-electron chi connectivity index (χ2n) is 5.88. The Kier molecular flexibility index (Phi) is 3.34. The van der Waals surface area contributed by atoms with Crippen LogP contribution in [0.3, 0.4) is 0 Å². The van der Waals surface area contributed by atoms with Crippen LogP contribution < -0.4 is 0 Å². The topological polar surface area (TPSA) is 17.3 Å². The summed E-state index contributed by atoms with van der Waals surface area (Å²) < 4.78 is 16.4. The fourth-order valence-corrected chi connectivity index (χ4v) is 3.20. The van der Waals surface area contributed by atoms with Crippen molar-refractivity contribution in [2.45, 2.75) is 19.5 Å². The molecule has 0 fully saturated rings. The molecule has 0 aliphatic carbocycles. The van der Waals surface area contributed by atoms with Gasteiger partial charge in [-0.3, -0.25) is 4.99 Å². The molecular weight excluding hydrogens is 287 g/mol. The number of rotatable bonds is 2. The van der Waals surface area contributed by atoms with Gasteiger partial charge in [-0.1, -0.05) is 42.5 Å². The molecule has 0 saturated heterocycles. The summed E-state index contributed by atoms with van der Waals surface area (Å²) in [5.41, 5.74) is 4.96. The molecule has 0 bridgehead atoms. The fraction of sp³-hybridized carbons (Fsp3) is 0.150. The van der Waals surface area contributed by atoms with Crippen molar-refractivity contribution in [3.63, 3.8) is 0 Å². The van der Waals surface area contributed by atoms with E-state index in [-0.39, 0.29) is 11.9 Å². The van der Waals surface area contributed by atoms with Crippen molar-refractivity contribution in [1.82, 2.24) is 4.57 Å². The number of hydrogen-bond acceptors (Lipinski definition) is 1. The number of aromatic nitrogens is 1. The molecule has 0 N–H and O–H groups in total. The van der Waals surface area contributed by atoms with Crippen molar-refractivity contribution in [1.29, 1.82) is 0 Å². The second-order valence-corrected chi connectivity index (χ2v) is 5.88. The van der Waals surface area contributed by atoms with Gasteiger partial charge < -0.3 is 4.57 Å². The predicted molar refractivity (Wildman–Crippen MR) is 90.4 cm³/mol. The summed E-state index contributed by atoms with van der Waals surface area (Å²) in [6.07, 6.45) is 2.04. The Labute approximate surface area is 134 Å². The Balaban J connectivity index is 1.88. The van der Waals surface area contributed by atoms with E-state index < -0.39 is 0 Å². The van der Waals surface area contributed by atoms with Gasteiger partial charge in [-0.15, -0.1) is 0 Å². The molecule has 3 heteroatoms. The SMILES string of the molecule is Cc1ccccc1C1=NC(c2ccccc2F)Cn2cccc21. The summed E-state index contributed by atoms with van der Waals surface area (Å²) in [4.78, 5) is 4.91. The Morgan fingerprint density at radius 1 is 1.00 bits per heavy atom. The zero-order valence-corrected chi connectivity index (χ0v) is 12.9. The molecule has 0 spiro atoms. The molecule has 2 heterocycles. The predicted octanol–water partition coefficient (Wildman–Crippen LogP) is 4.53. The van der Waals surface area contributed by atoms with Crippen molar-refractivity contribution >= 4 is 5.71 Å². The smallest absolute Gasteiger partial charge is 0.128 e. The molecule has 0 saturated carbocycles. The summed E-state index contributed by atoms with van der Waals surface area (Å²) in [5, 5.41) is 0. The van der Waals surface area contributed by atoms with Crippen LogP contribution in [0.5, 0.6) is 0 Å². The van der Waals surface area contributed by atoms with E-state index >= 15 is 0 Å². The number of fused-ring (bicyclic) bond motifs is 1. The van der Waals surface area contributed by atoms with Crippen LogP contribution in [0.15, 0.2) is 71.9 Å². The van der Waals surface area contributed by atoms with Gasteiger partial charge in [-0.2, -0.15) is 0 Å². The molecule has 2 aromatic carbocycles. The van der Waals surface area contributed by atoms with E-state index in [1.807, 2.05) is 36.5 Å². The summed E-state index contributed by atoms with van der Waals surface area (Å²) in [7, 11) is 0. The molecule has 1 aliphatic rings. The number of nitrogens with zero attached hydrogens (tertiary/aromatic N) is 2. The summed E-state index contributed by atoms with van der Waals surface area (Å²) >= 11 is 0. The molecule has 114 valence electrons. The third kappa shape index (κ3) is 2.38. The van der Waals surface area contributed by atoms with Crippen molar-refractivity contribution < 1.29 is 4.39 Å². The van der Waals surface area contributed by atoms with Crippen LogP contribution in [-0.2, 0) is 6.54 Å². The van der Waals surface area contributed by atoms with Crippen LogP contribution in [0.2, 0.25) is 0 Å². The minimum absolute atomic E-state index is 0.194. The van der Waals surface area contributed by atoms with Crippen molar-refractivity contribution in [3.8, 4) is 0 Å². The van der Waals surface area contributed by atoms with Gasteiger partial charge in [0.1, 0.15) is 5.82 Å². The van der Waals surface area contributed by atoms with E-state index in [1.54, 1.807) is 6.07 Å². The third-order valence-electron chi connectivity index (χ3n) is 4.39. The van der Waals surface area contributed by atoms with Gasteiger partial charge in [0.05, 0.1) is 17.4 Å². The zero-order chi connectivity index (χ0) is 15.8. The van der Waals surface area contributed by atoms with Crippen molar-refractivity contribution in [3.05, 3.63) is 95.1 Å². The lowest BCUT2D eigenvalue weighted by Crippen LogP contribution is -2.22. The average Bonchev–Trinajstić information content (AvgIpc) is 3.03. The van der Waals surface area contributed by atoms with E-state index in [0.29, 0.717) is 12.1 Å². The van der Waals surface area contributed by atoms with Gasteiger partial charge in [0.2, 0.25) is 0 Å². The minimum atomic E-state index is -0.203. The van der Waals surface area contributed by atoms with Crippen LogP contribution in [0.4, 0.5) is 4.39 Å². The first-order valence-electron chi connectivity index (χ1n) is 7.78. The minimum Gasteiger partial charge on any atom is -0.344 e. The third-order valence-corrected chi connectivity index (χ3v) is 4.39. The first kappa shape index (κ1) is 13.9. The fourth-order valence-electron chi connectivity index (χ4n) is 3.20. The molecule has 23 heavy (non-hydrogen) atoms. The van der Waals surface area contributed by atoms with Crippen LogP contribution in [0.25, 0.3) is 0 Å². The van der Waals surface area contributed by atoms with Crippen molar-refractivity contribution in [2.24, 2.45) is 4.99 Å². The number of aliphatic imine (C=N–C) groups is 1. The lowest BCUT2D eigenvalue weighted by Gasteiger charge is -2.25. The molecule has 0 radical (unpaired) electrons. The number of halogens is 1. The highest BCUT2D eigenvalue weighted by atomic mass is 19.1. The highest BCUT2D eigenvalue weighted by molar-refractivity contribution is 6.13. The number of aryl methyl sites for hydroxylation is 1. The van der Waals surface area contributed by atoms with Crippen LogP contribution in [-0.4, -0.2) is 10.3 Å². The summed E-state index contributed by atoms with van der Waals surface area (Å²) in [6, 6.07) is 19.0. The maximum absolute atomic E-state index is 14.2. The number of benzene rings is 2. The maximum Gasteiger partial charge on any atom is 0.128 e. The quantitative estimate of drug-likeness (QED) is 0.662. The van der Waals surface area contributed by atoms with Gasteiger partial charge in [-0.05, 0) is 30.7 Å². The van der Waals surface area contributed by atoms with Crippen LogP contribution >= 0.6 is 0 Å². The monoisotopic (exact) mass is 304 g/mol. The first-order valence-corrected chi connectivity index (χ1v) is 7.78. The Morgan fingerprint density at radius 2 is 1.78 bits per heavy atom.